The molecule has 0 aliphatic heterocycles. The summed E-state index contributed by atoms with van der Waals surface area (Å²) >= 11 is 5.75. The highest BCUT2D eigenvalue weighted by atomic mass is 35.5. The van der Waals surface area contributed by atoms with Crippen LogP contribution in [0.3, 0.4) is 0 Å². The number of pyridine rings is 1. The Balaban J connectivity index is 2.06. The standard InChI is InChI=1S/C14H11ClN4O4/c15-11-6-10(14(21)12(7-11)19(22)23)8-16-17-13(20)9-18-4-2-1-3-5-18/h1-8H,9H2,(H-,16,17,20,21)/p+1. The van der Waals surface area contributed by atoms with Crippen molar-refractivity contribution < 1.29 is 19.4 Å². The fourth-order valence-corrected chi connectivity index (χ4v) is 1.98. The summed E-state index contributed by atoms with van der Waals surface area (Å²) < 4.78 is 1.65. The van der Waals surface area contributed by atoms with Crippen LogP contribution in [0.5, 0.6) is 5.75 Å². The molecule has 0 saturated carbocycles. The number of nitrogens with zero attached hydrogens (tertiary/aromatic N) is 3. The Hall–Kier alpha value is -3.00. The van der Waals surface area contributed by atoms with Gasteiger partial charge in [0, 0.05) is 28.8 Å². The predicted octanol–water partition coefficient (Wildman–Crippen LogP) is 1.39. The van der Waals surface area contributed by atoms with Crippen LogP contribution in [-0.2, 0) is 11.3 Å². The Morgan fingerprint density at radius 1 is 1.39 bits per heavy atom. The number of hydrazone groups is 1. The maximum atomic E-state index is 11.7. The SMILES string of the molecule is O=C(C[n+]1ccccc1)N/N=C\c1cc(Cl)cc([N+](=O)[O-])c1O. The molecule has 8 nitrogen and oxygen atoms in total. The van der Waals surface area contributed by atoms with Crippen molar-refractivity contribution in [2.24, 2.45) is 5.10 Å². The zero-order chi connectivity index (χ0) is 16.8. The minimum Gasteiger partial charge on any atom is -0.502 e. The second-order valence-electron chi connectivity index (χ2n) is 4.46. The third kappa shape index (κ3) is 4.48. The number of aromatic nitrogens is 1. The first-order valence-electron chi connectivity index (χ1n) is 6.40. The molecule has 1 aromatic carbocycles. The number of halogens is 1. The number of hydrogen-bond acceptors (Lipinski definition) is 5. The molecule has 0 bridgehead atoms. The number of nitro benzene ring substituents is 1. The van der Waals surface area contributed by atoms with Gasteiger partial charge < -0.3 is 5.11 Å². The van der Waals surface area contributed by atoms with E-state index in [1.807, 2.05) is 6.07 Å². The lowest BCUT2D eigenvalue weighted by Gasteiger charge is -2.01. The van der Waals surface area contributed by atoms with Gasteiger partial charge in [0.15, 0.2) is 12.4 Å². The normalized spacial score (nSPS) is 10.7. The fraction of sp³-hybridized carbons (Fsp3) is 0.0714. The van der Waals surface area contributed by atoms with Gasteiger partial charge in [0.25, 0.3) is 0 Å². The lowest BCUT2D eigenvalue weighted by Crippen LogP contribution is -2.40. The van der Waals surface area contributed by atoms with Crippen molar-refractivity contribution in [3.63, 3.8) is 0 Å². The van der Waals surface area contributed by atoms with Gasteiger partial charge in [-0.2, -0.15) is 9.67 Å². The molecule has 0 aliphatic rings. The molecule has 2 rings (SSSR count). The Labute approximate surface area is 135 Å². The average Bonchev–Trinajstić information content (AvgIpc) is 2.51. The topological polar surface area (TPSA) is 109 Å². The number of carbonyl (C=O) groups is 1. The third-order valence-corrected chi connectivity index (χ3v) is 3.00. The summed E-state index contributed by atoms with van der Waals surface area (Å²) in [6.07, 6.45) is 4.52. The van der Waals surface area contributed by atoms with E-state index in [2.05, 4.69) is 10.5 Å². The Kier molecular flexibility index (Phi) is 5.21. The van der Waals surface area contributed by atoms with E-state index in [1.165, 1.54) is 6.07 Å². The Bertz CT molecular complexity index is 765. The maximum Gasteiger partial charge on any atom is 0.312 e. The quantitative estimate of drug-likeness (QED) is 0.372. The minimum atomic E-state index is -0.761. The van der Waals surface area contributed by atoms with Crippen molar-refractivity contribution in [1.29, 1.82) is 0 Å². The van der Waals surface area contributed by atoms with Crippen molar-refractivity contribution in [2.45, 2.75) is 6.54 Å². The summed E-state index contributed by atoms with van der Waals surface area (Å²) in [4.78, 5) is 21.7. The molecule has 1 aromatic heterocycles. The van der Waals surface area contributed by atoms with E-state index >= 15 is 0 Å². The van der Waals surface area contributed by atoms with Crippen LogP contribution in [0.2, 0.25) is 5.02 Å². The lowest BCUT2D eigenvalue weighted by molar-refractivity contribution is -0.684. The van der Waals surface area contributed by atoms with E-state index in [0.29, 0.717) is 0 Å². The molecule has 0 saturated heterocycles. The van der Waals surface area contributed by atoms with Crippen molar-refractivity contribution in [3.05, 3.63) is 63.4 Å². The summed E-state index contributed by atoms with van der Waals surface area (Å²) in [5.41, 5.74) is 1.75. The van der Waals surface area contributed by atoms with Crippen LogP contribution in [-0.4, -0.2) is 22.2 Å². The van der Waals surface area contributed by atoms with Crippen molar-refractivity contribution >= 4 is 29.4 Å². The summed E-state index contributed by atoms with van der Waals surface area (Å²) in [6.45, 7) is 0.0554. The van der Waals surface area contributed by atoms with E-state index in [4.69, 9.17) is 11.6 Å². The summed E-state index contributed by atoms with van der Waals surface area (Å²) in [5.74, 6) is -0.969. The highest BCUT2D eigenvalue weighted by Gasteiger charge is 2.17. The summed E-state index contributed by atoms with van der Waals surface area (Å²) in [6, 6.07) is 7.70. The van der Waals surface area contributed by atoms with Crippen LogP contribution >= 0.6 is 11.6 Å². The van der Waals surface area contributed by atoms with Crippen LogP contribution in [0.1, 0.15) is 5.56 Å². The van der Waals surface area contributed by atoms with Crippen LogP contribution in [0, 0.1) is 10.1 Å². The molecule has 23 heavy (non-hydrogen) atoms. The van der Waals surface area contributed by atoms with E-state index < -0.39 is 22.3 Å². The van der Waals surface area contributed by atoms with Crippen LogP contribution in [0.15, 0.2) is 47.8 Å². The molecule has 1 amide bonds. The van der Waals surface area contributed by atoms with Gasteiger partial charge in [-0.25, -0.2) is 5.43 Å². The van der Waals surface area contributed by atoms with Gasteiger partial charge in [0.2, 0.25) is 12.3 Å². The Morgan fingerprint density at radius 3 is 2.74 bits per heavy atom. The van der Waals surface area contributed by atoms with Gasteiger partial charge in [-0.3, -0.25) is 14.9 Å². The number of rotatable bonds is 5. The fourth-order valence-electron chi connectivity index (χ4n) is 1.76. The van der Waals surface area contributed by atoms with Crippen molar-refractivity contribution in [2.75, 3.05) is 0 Å². The number of amides is 1. The molecular formula is C14H12ClN4O4+. The minimum absolute atomic E-state index is 0.0249. The predicted molar refractivity (Wildman–Crippen MR) is 82.1 cm³/mol. The smallest absolute Gasteiger partial charge is 0.312 e. The number of phenolic OH excluding ortho intramolecular Hbond substituents is 1. The zero-order valence-electron chi connectivity index (χ0n) is 11.7. The molecule has 2 N–H and O–H groups in total. The molecule has 0 spiro atoms. The van der Waals surface area contributed by atoms with E-state index in [-0.39, 0.29) is 17.1 Å². The molecule has 0 fully saturated rings. The number of aromatic hydroxyl groups is 1. The molecule has 118 valence electrons. The zero-order valence-corrected chi connectivity index (χ0v) is 12.5. The molecule has 0 unspecified atom stereocenters. The van der Waals surface area contributed by atoms with Crippen LogP contribution in [0.4, 0.5) is 5.69 Å². The first kappa shape index (κ1) is 16.4. The van der Waals surface area contributed by atoms with Gasteiger partial charge in [0.1, 0.15) is 0 Å². The van der Waals surface area contributed by atoms with Gasteiger partial charge in [-0.1, -0.05) is 17.7 Å². The van der Waals surface area contributed by atoms with E-state index in [1.54, 1.807) is 29.1 Å². The van der Waals surface area contributed by atoms with Crippen LogP contribution in [0.25, 0.3) is 0 Å². The number of benzene rings is 1. The highest BCUT2D eigenvalue weighted by molar-refractivity contribution is 6.31. The van der Waals surface area contributed by atoms with Gasteiger partial charge in [-0.15, -0.1) is 0 Å². The summed E-state index contributed by atoms with van der Waals surface area (Å²) in [7, 11) is 0. The molecule has 0 radical (unpaired) electrons. The van der Waals surface area contributed by atoms with Gasteiger partial charge >= 0.3 is 11.6 Å². The molecule has 9 heteroatoms. The van der Waals surface area contributed by atoms with Gasteiger partial charge in [-0.05, 0) is 6.07 Å². The number of phenols is 1. The molecule has 2 aromatic rings. The Morgan fingerprint density at radius 2 is 2.09 bits per heavy atom. The second-order valence-corrected chi connectivity index (χ2v) is 4.90. The molecule has 1 heterocycles. The first-order chi connectivity index (χ1) is 11.0. The van der Waals surface area contributed by atoms with E-state index in [9.17, 15) is 20.0 Å². The van der Waals surface area contributed by atoms with E-state index in [0.717, 1.165) is 12.3 Å². The third-order valence-electron chi connectivity index (χ3n) is 2.78. The average molecular weight is 336 g/mol. The van der Waals surface area contributed by atoms with Crippen molar-refractivity contribution in [1.82, 2.24) is 5.43 Å². The lowest BCUT2D eigenvalue weighted by atomic mass is 10.2. The van der Waals surface area contributed by atoms with Gasteiger partial charge in [0.05, 0.1) is 11.1 Å². The highest BCUT2D eigenvalue weighted by Crippen LogP contribution is 2.32. The van der Waals surface area contributed by atoms with Crippen molar-refractivity contribution in [3.8, 4) is 5.75 Å². The summed E-state index contributed by atoms with van der Waals surface area (Å²) in [5, 5.41) is 24.3. The number of hydrogen-bond donors (Lipinski definition) is 2. The van der Waals surface area contributed by atoms with Crippen LogP contribution < -0.4 is 9.99 Å². The number of nitrogens with one attached hydrogen (secondary N) is 1. The maximum absolute atomic E-state index is 11.7. The molecule has 0 atom stereocenters. The number of carbonyl (C=O) groups excluding carboxylic acids is 1. The number of nitro groups is 1. The largest absolute Gasteiger partial charge is 0.502 e. The monoisotopic (exact) mass is 335 g/mol. The molecule has 0 aliphatic carbocycles. The molecular weight excluding hydrogens is 324 g/mol. The first-order valence-corrected chi connectivity index (χ1v) is 6.78. The second kappa shape index (κ2) is 7.32.